The molecular formula is C50H98NO9P. The molecule has 0 fully saturated rings. The van der Waals surface area contributed by atoms with Crippen molar-refractivity contribution in [1.82, 2.24) is 0 Å². The minimum Gasteiger partial charge on any atom is -0.480 e. The van der Waals surface area contributed by atoms with E-state index in [0.29, 0.717) is 6.61 Å². The molecule has 0 heterocycles. The first-order valence-corrected chi connectivity index (χ1v) is 27.2. The second-order valence-corrected chi connectivity index (χ2v) is 19.1. The lowest BCUT2D eigenvalue weighted by molar-refractivity contribution is -0.154. The Hall–Kier alpha value is -1.29. The standard InChI is InChI=1S/C50H98NO9P/c1-3-5-7-9-11-13-15-17-19-21-23-24-25-26-28-30-32-34-36-38-40-42-49(52)60-47(45-58-61(55,56)59-46-48(51)50(53)54)44-57-43-41-39-37-35-33-31-29-27-22-20-18-16-14-12-10-8-6-4-2/h18,20,47-48H,3-17,19,21-46,51H2,1-2H3,(H,53,54)(H,55,56)/b20-18-. The van der Waals surface area contributed by atoms with Crippen molar-refractivity contribution >= 4 is 19.8 Å². The lowest BCUT2D eigenvalue weighted by Crippen LogP contribution is -2.34. The molecule has 0 saturated carbocycles. The largest absolute Gasteiger partial charge is 0.480 e. The number of carboxylic acid groups (broad SMARTS) is 1. The van der Waals surface area contributed by atoms with Gasteiger partial charge < -0.3 is 25.2 Å². The molecule has 10 nitrogen and oxygen atoms in total. The van der Waals surface area contributed by atoms with Gasteiger partial charge in [-0.3, -0.25) is 18.6 Å². The van der Waals surface area contributed by atoms with E-state index in [-0.39, 0.29) is 13.0 Å². The number of rotatable bonds is 50. The first-order valence-electron chi connectivity index (χ1n) is 25.7. The van der Waals surface area contributed by atoms with Gasteiger partial charge in [-0.25, -0.2) is 4.57 Å². The summed E-state index contributed by atoms with van der Waals surface area (Å²) in [5.74, 6) is -1.77. The summed E-state index contributed by atoms with van der Waals surface area (Å²) in [6.45, 7) is 3.93. The number of aliphatic carboxylic acids is 1. The number of hydrogen-bond acceptors (Lipinski definition) is 8. The van der Waals surface area contributed by atoms with Crippen molar-refractivity contribution in [3.8, 4) is 0 Å². The summed E-state index contributed by atoms with van der Waals surface area (Å²) < 4.78 is 33.5. The van der Waals surface area contributed by atoms with E-state index in [1.807, 2.05) is 0 Å². The summed E-state index contributed by atoms with van der Waals surface area (Å²) in [6.07, 6.45) is 51.2. The van der Waals surface area contributed by atoms with Gasteiger partial charge in [0.05, 0.1) is 19.8 Å². The van der Waals surface area contributed by atoms with E-state index in [0.717, 1.165) is 38.5 Å². The van der Waals surface area contributed by atoms with Crippen LogP contribution < -0.4 is 5.73 Å². The van der Waals surface area contributed by atoms with Crippen molar-refractivity contribution in [1.29, 1.82) is 0 Å². The minimum absolute atomic E-state index is 0.0209. The molecule has 362 valence electrons. The maximum absolute atomic E-state index is 12.7. The number of carboxylic acids is 1. The molecule has 4 N–H and O–H groups in total. The van der Waals surface area contributed by atoms with Crippen LogP contribution in [0.5, 0.6) is 0 Å². The molecule has 0 aliphatic rings. The van der Waals surface area contributed by atoms with Crippen LogP contribution in [-0.4, -0.2) is 60.5 Å². The van der Waals surface area contributed by atoms with Crippen LogP contribution in [0.1, 0.15) is 258 Å². The first-order chi connectivity index (χ1) is 29.7. The van der Waals surface area contributed by atoms with Crippen LogP contribution in [0.2, 0.25) is 0 Å². The first kappa shape index (κ1) is 59.7. The monoisotopic (exact) mass is 888 g/mol. The Morgan fingerprint density at radius 3 is 1.25 bits per heavy atom. The molecule has 0 saturated heterocycles. The van der Waals surface area contributed by atoms with Gasteiger partial charge in [0.15, 0.2) is 0 Å². The van der Waals surface area contributed by atoms with Gasteiger partial charge in [-0.1, -0.05) is 225 Å². The molecule has 61 heavy (non-hydrogen) atoms. The molecule has 3 atom stereocenters. The van der Waals surface area contributed by atoms with E-state index >= 15 is 0 Å². The van der Waals surface area contributed by atoms with Crippen molar-refractivity contribution in [2.75, 3.05) is 26.4 Å². The van der Waals surface area contributed by atoms with Crippen molar-refractivity contribution in [2.45, 2.75) is 270 Å². The minimum atomic E-state index is -4.62. The zero-order valence-electron chi connectivity index (χ0n) is 39.8. The fourth-order valence-corrected chi connectivity index (χ4v) is 8.32. The second-order valence-electron chi connectivity index (χ2n) is 17.7. The third-order valence-corrected chi connectivity index (χ3v) is 12.5. The van der Waals surface area contributed by atoms with Crippen molar-refractivity contribution in [3.05, 3.63) is 12.2 Å². The Morgan fingerprint density at radius 1 is 0.508 bits per heavy atom. The smallest absolute Gasteiger partial charge is 0.472 e. The summed E-state index contributed by atoms with van der Waals surface area (Å²) >= 11 is 0. The summed E-state index contributed by atoms with van der Waals surface area (Å²) in [5, 5.41) is 8.93. The molecule has 0 aromatic heterocycles. The Bertz CT molecular complexity index is 1030. The highest BCUT2D eigenvalue weighted by atomic mass is 31.2. The Morgan fingerprint density at radius 2 is 0.852 bits per heavy atom. The number of phosphoric acid groups is 1. The molecule has 11 heteroatoms. The van der Waals surface area contributed by atoms with E-state index in [9.17, 15) is 19.0 Å². The molecule has 0 aliphatic carbocycles. The highest BCUT2D eigenvalue weighted by molar-refractivity contribution is 7.47. The number of esters is 1. The van der Waals surface area contributed by atoms with Gasteiger partial charge in [0, 0.05) is 13.0 Å². The predicted molar refractivity (Wildman–Crippen MR) is 254 cm³/mol. The van der Waals surface area contributed by atoms with E-state index in [2.05, 4.69) is 26.0 Å². The number of phosphoric ester groups is 1. The fraction of sp³-hybridized carbons (Fsp3) is 0.920. The van der Waals surface area contributed by atoms with Crippen molar-refractivity contribution in [2.24, 2.45) is 5.73 Å². The van der Waals surface area contributed by atoms with E-state index in [4.69, 9.17) is 29.4 Å². The quantitative estimate of drug-likeness (QED) is 0.0233. The summed E-state index contributed by atoms with van der Waals surface area (Å²) in [6, 6.07) is -1.47. The van der Waals surface area contributed by atoms with E-state index in [1.54, 1.807) is 0 Å². The lowest BCUT2D eigenvalue weighted by atomic mass is 10.0. The second kappa shape index (κ2) is 46.7. The number of nitrogens with two attached hydrogens (primary N) is 1. The van der Waals surface area contributed by atoms with Crippen LogP contribution in [0.3, 0.4) is 0 Å². The topological polar surface area (TPSA) is 155 Å². The molecule has 0 rings (SSSR count). The Balaban J connectivity index is 4.10. The molecule has 0 radical (unpaired) electrons. The molecule has 0 aromatic rings. The van der Waals surface area contributed by atoms with Gasteiger partial charge in [0.2, 0.25) is 0 Å². The highest BCUT2D eigenvalue weighted by Gasteiger charge is 2.27. The average molecular weight is 888 g/mol. The number of ether oxygens (including phenoxy) is 2. The van der Waals surface area contributed by atoms with Gasteiger partial charge in [-0.2, -0.15) is 0 Å². The van der Waals surface area contributed by atoms with Gasteiger partial charge >= 0.3 is 19.8 Å². The van der Waals surface area contributed by atoms with Crippen LogP contribution >= 0.6 is 7.82 Å². The zero-order chi connectivity index (χ0) is 44.8. The van der Waals surface area contributed by atoms with Crippen molar-refractivity contribution in [3.63, 3.8) is 0 Å². The third kappa shape index (κ3) is 46.5. The number of allylic oxidation sites excluding steroid dienone is 2. The highest BCUT2D eigenvalue weighted by Crippen LogP contribution is 2.43. The molecular weight excluding hydrogens is 790 g/mol. The summed E-state index contributed by atoms with van der Waals surface area (Å²) in [7, 11) is -4.62. The van der Waals surface area contributed by atoms with E-state index < -0.39 is 45.1 Å². The lowest BCUT2D eigenvalue weighted by Gasteiger charge is -2.20. The summed E-state index contributed by atoms with van der Waals surface area (Å²) in [4.78, 5) is 33.7. The Labute approximate surface area is 375 Å². The van der Waals surface area contributed by atoms with Gasteiger partial charge in [0.1, 0.15) is 12.1 Å². The van der Waals surface area contributed by atoms with Gasteiger partial charge in [-0.15, -0.1) is 0 Å². The van der Waals surface area contributed by atoms with E-state index in [1.165, 1.54) is 199 Å². The molecule has 3 unspecified atom stereocenters. The van der Waals surface area contributed by atoms with Crippen LogP contribution in [-0.2, 0) is 32.7 Å². The predicted octanol–water partition coefficient (Wildman–Crippen LogP) is 14.9. The normalized spacial score (nSPS) is 13.8. The molecule has 0 aliphatic heterocycles. The SMILES string of the molecule is CCCCCCCC/C=C\CCCCCCCCCCOCC(COP(=O)(O)OCC(N)C(=O)O)OC(=O)CCCCCCCCCCCCCCCCCCCCCCC. The molecule has 0 spiro atoms. The number of carbonyl (C=O) groups is 2. The Kier molecular flexibility index (Phi) is 45.7. The number of hydrogen-bond donors (Lipinski definition) is 3. The van der Waals surface area contributed by atoms with Crippen LogP contribution in [0.25, 0.3) is 0 Å². The summed E-state index contributed by atoms with van der Waals surface area (Å²) in [5.41, 5.74) is 5.37. The third-order valence-electron chi connectivity index (χ3n) is 11.5. The molecule has 0 amide bonds. The average Bonchev–Trinajstić information content (AvgIpc) is 3.24. The molecule has 0 aromatic carbocycles. The number of unbranched alkanes of at least 4 members (excludes halogenated alkanes) is 34. The fourth-order valence-electron chi connectivity index (χ4n) is 7.54. The van der Waals surface area contributed by atoms with Gasteiger partial charge in [0.25, 0.3) is 0 Å². The zero-order valence-corrected chi connectivity index (χ0v) is 40.7. The number of carbonyl (C=O) groups excluding carboxylic acids is 1. The van der Waals surface area contributed by atoms with Crippen LogP contribution in [0.4, 0.5) is 0 Å². The maximum atomic E-state index is 12.7. The van der Waals surface area contributed by atoms with Crippen molar-refractivity contribution < 1.29 is 42.7 Å². The van der Waals surface area contributed by atoms with Crippen LogP contribution in [0.15, 0.2) is 12.2 Å². The maximum Gasteiger partial charge on any atom is 0.472 e. The molecule has 0 bridgehead atoms. The van der Waals surface area contributed by atoms with Gasteiger partial charge in [-0.05, 0) is 38.5 Å². The van der Waals surface area contributed by atoms with Crippen LogP contribution in [0, 0.1) is 0 Å².